The van der Waals surface area contributed by atoms with E-state index in [1.54, 1.807) is 0 Å². The fourth-order valence-corrected chi connectivity index (χ4v) is 1.80. The molecule has 0 saturated carbocycles. The second-order valence-corrected chi connectivity index (χ2v) is 5.25. The zero-order valence-electron chi connectivity index (χ0n) is 12.0. The number of hydrogen-bond donors (Lipinski definition) is 3. The average molecular weight is 251 g/mol. The number of hydrazine groups is 1. The molecule has 18 heavy (non-hydrogen) atoms. The Hall–Kier alpha value is -1.36. The van der Waals surface area contributed by atoms with Gasteiger partial charge in [-0.25, -0.2) is 15.8 Å². The topological polar surface area (TPSA) is 75.9 Å². The molecule has 0 aliphatic rings. The molecule has 5 nitrogen and oxygen atoms in total. The standard InChI is InChI=1S/C13H25N5/c1-8(2)6-7-9(3)15-12-10(4)13(18-14)17-11(5)16-12/h8-9H,6-7,14H2,1-5H3,(H2,15,16,17,18). The first-order chi connectivity index (χ1) is 8.43. The molecule has 1 aromatic heterocycles. The highest BCUT2D eigenvalue weighted by Crippen LogP contribution is 2.20. The van der Waals surface area contributed by atoms with Crippen molar-refractivity contribution in [3.05, 3.63) is 11.4 Å². The van der Waals surface area contributed by atoms with Gasteiger partial charge in [0.2, 0.25) is 0 Å². The molecule has 0 aromatic carbocycles. The third kappa shape index (κ3) is 4.14. The van der Waals surface area contributed by atoms with Gasteiger partial charge in [0.15, 0.2) is 0 Å². The summed E-state index contributed by atoms with van der Waals surface area (Å²) in [6, 6.07) is 0.394. The minimum absolute atomic E-state index is 0.394. The monoisotopic (exact) mass is 251 g/mol. The second kappa shape index (κ2) is 6.54. The minimum atomic E-state index is 0.394. The summed E-state index contributed by atoms with van der Waals surface area (Å²) >= 11 is 0. The van der Waals surface area contributed by atoms with Gasteiger partial charge in [0.1, 0.15) is 17.5 Å². The number of nitrogen functional groups attached to an aromatic ring is 1. The largest absolute Gasteiger partial charge is 0.367 e. The molecule has 0 bridgehead atoms. The maximum absolute atomic E-state index is 5.45. The summed E-state index contributed by atoms with van der Waals surface area (Å²) in [6.45, 7) is 10.5. The van der Waals surface area contributed by atoms with Gasteiger partial charge in [-0.05, 0) is 39.5 Å². The molecule has 4 N–H and O–H groups in total. The lowest BCUT2D eigenvalue weighted by atomic mass is 10.0. The van der Waals surface area contributed by atoms with Crippen molar-refractivity contribution < 1.29 is 0 Å². The number of aryl methyl sites for hydroxylation is 1. The predicted molar refractivity (Wildman–Crippen MR) is 76.5 cm³/mol. The van der Waals surface area contributed by atoms with Crippen molar-refractivity contribution in [3.63, 3.8) is 0 Å². The fourth-order valence-electron chi connectivity index (χ4n) is 1.80. The van der Waals surface area contributed by atoms with E-state index in [0.29, 0.717) is 17.7 Å². The predicted octanol–water partition coefficient (Wildman–Crippen LogP) is 2.62. The van der Waals surface area contributed by atoms with Gasteiger partial charge in [0.25, 0.3) is 0 Å². The first-order valence-electron chi connectivity index (χ1n) is 6.52. The van der Waals surface area contributed by atoms with Gasteiger partial charge in [0, 0.05) is 11.6 Å². The van der Waals surface area contributed by atoms with Gasteiger partial charge in [-0.1, -0.05) is 13.8 Å². The zero-order chi connectivity index (χ0) is 13.7. The van der Waals surface area contributed by atoms with Crippen molar-refractivity contribution in [1.29, 1.82) is 0 Å². The highest BCUT2D eigenvalue weighted by atomic mass is 15.3. The van der Waals surface area contributed by atoms with Gasteiger partial charge in [-0.2, -0.15) is 0 Å². The van der Waals surface area contributed by atoms with E-state index >= 15 is 0 Å². The van der Waals surface area contributed by atoms with E-state index in [9.17, 15) is 0 Å². The molecule has 5 heteroatoms. The normalized spacial score (nSPS) is 12.6. The number of nitrogens with one attached hydrogen (secondary N) is 2. The average Bonchev–Trinajstić information content (AvgIpc) is 2.30. The smallest absolute Gasteiger partial charge is 0.148 e. The Labute approximate surface area is 110 Å². The molecule has 0 saturated heterocycles. The highest BCUT2D eigenvalue weighted by Gasteiger charge is 2.11. The maximum atomic E-state index is 5.45. The van der Waals surface area contributed by atoms with Crippen LogP contribution in [0.1, 0.15) is 45.0 Å². The molecule has 0 aliphatic carbocycles. The van der Waals surface area contributed by atoms with Crippen molar-refractivity contribution in [1.82, 2.24) is 9.97 Å². The summed E-state index contributed by atoms with van der Waals surface area (Å²) in [7, 11) is 0. The molecule has 0 radical (unpaired) electrons. The van der Waals surface area contributed by atoms with Crippen LogP contribution < -0.4 is 16.6 Å². The quantitative estimate of drug-likeness (QED) is 0.535. The summed E-state index contributed by atoms with van der Waals surface area (Å²) in [5, 5.41) is 3.43. The van der Waals surface area contributed by atoms with E-state index in [-0.39, 0.29) is 0 Å². The van der Waals surface area contributed by atoms with Gasteiger partial charge in [-0.15, -0.1) is 0 Å². The van der Waals surface area contributed by atoms with E-state index < -0.39 is 0 Å². The van der Waals surface area contributed by atoms with Gasteiger partial charge >= 0.3 is 0 Å². The molecule has 1 aromatic rings. The number of nitrogens with two attached hydrogens (primary N) is 1. The van der Waals surface area contributed by atoms with Crippen LogP contribution >= 0.6 is 0 Å². The Bertz CT molecular complexity index is 389. The van der Waals surface area contributed by atoms with E-state index in [2.05, 4.69) is 41.5 Å². The Morgan fingerprint density at radius 3 is 2.22 bits per heavy atom. The van der Waals surface area contributed by atoms with Crippen LogP contribution in [0.4, 0.5) is 11.6 Å². The Balaban J connectivity index is 2.74. The molecular formula is C13H25N5. The number of rotatable bonds is 6. The van der Waals surface area contributed by atoms with Crippen LogP contribution in [0.2, 0.25) is 0 Å². The first-order valence-corrected chi connectivity index (χ1v) is 6.52. The van der Waals surface area contributed by atoms with E-state index in [1.807, 2.05) is 13.8 Å². The SMILES string of the molecule is Cc1nc(NN)c(C)c(NC(C)CCC(C)C)n1. The number of nitrogens with zero attached hydrogens (tertiary/aromatic N) is 2. The van der Waals surface area contributed by atoms with Crippen LogP contribution in [0.5, 0.6) is 0 Å². The van der Waals surface area contributed by atoms with Crippen molar-refractivity contribution in [2.45, 2.75) is 53.5 Å². The lowest BCUT2D eigenvalue weighted by Crippen LogP contribution is -2.20. The molecule has 0 amide bonds. The third-order valence-corrected chi connectivity index (χ3v) is 2.95. The highest BCUT2D eigenvalue weighted by molar-refractivity contribution is 5.56. The zero-order valence-corrected chi connectivity index (χ0v) is 12.0. The summed E-state index contributed by atoms with van der Waals surface area (Å²) in [4.78, 5) is 8.68. The maximum Gasteiger partial charge on any atom is 0.148 e. The fraction of sp³-hybridized carbons (Fsp3) is 0.692. The Morgan fingerprint density at radius 2 is 1.67 bits per heavy atom. The van der Waals surface area contributed by atoms with Crippen molar-refractivity contribution in [2.75, 3.05) is 10.7 Å². The molecule has 1 rings (SSSR count). The number of anilines is 2. The summed E-state index contributed by atoms with van der Waals surface area (Å²) in [6.07, 6.45) is 2.34. The van der Waals surface area contributed by atoms with Crippen LogP contribution in [-0.2, 0) is 0 Å². The number of hydrogen-bond acceptors (Lipinski definition) is 5. The first kappa shape index (κ1) is 14.7. The molecule has 1 atom stereocenters. The molecule has 1 heterocycles. The lowest BCUT2D eigenvalue weighted by Gasteiger charge is -2.18. The molecule has 0 spiro atoms. The van der Waals surface area contributed by atoms with Gasteiger partial charge < -0.3 is 10.7 Å². The second-order valence-electron chi connectivity index (χ2n) is 5.25. The summed E-state index contributed by atoms with van der Waals surface area (Å²) in [5.74, 6) is 8.44. The van der Waals surface area contributed by atoms with E-state index in [0.717, 1.165) is 23.7 Å². The Kier molecular flexibility index (Phi) is 5.34. The van der Waals surface area contributed by atoms with Gasteiger partial charge in [0.05, 0.1) is 0 Å². The van der Waals surface area contributed by atoms with Crippen LogP contribution in [0, 0.1) is 19.8 Å². The van der Waals surface area contributed by atoms with Crippen molar-refractivity contribution in [2.24, 2.45) is 11.8 Å². The number of aromatic nitrogens is 2. The minimum Gasteiger partial charge on any atom is -0.367 e. The molecule has 102 valence electrons. The van der Waals surface area contributed by atoms with Crippen LogP contribution in [0.25, 0.3) is 0 Å². The van der Waals surface area contributed by atoms with Crippen molar-refractivity contribution in [3.8, 4) is 0 Å². The summed E-state index contributed by atoms with van der Waals surface area (Å²) < 4.78 is 0. The molecular weight excluding hydrogens is 226 g/mol. The molecule has 0 fully saturated rings. The third-order valence-electron chi connectivity index (χ3n) is 2.95. The van der Waals surface area contributed by atoms with Crippen LogP contribution in [0.3, 0.4) is 0 Å². The summed E-state index contributed by atoms with van der Waals surface area (Å²) in [5.41, 5.74) is 3.57. The molecule has 0 aliphatic heterocycles. The van der Waals surface area contributed by atoms with E-state index in [1.165, 1.54) is 6.42 Å². The lowest BCUT2D eigenvalue weighted by molar-refractivity contribution is 0.527. The van der Waals surface area contributed by atoms with Crippen LogP contribution in [0.15, 0.2) is 0 Å². The van der Waals surface area contributed by atoms with E-state index in [4.69, 9.17) is 5.84 Å². The van der Waals surface area contributed by atoms with Crippen LogP contribution in [-0.4, -0.2) is 16.0 Å². The Morgan fingerprint density at radius 1 is 1.06 bits per heavy atom. The van der Waals surface area contributed by atoms with Crippen molar-refractivity contribution >= 4 is 11.6 Å². The van der Waals surface area contributed by atoms with Gasteiger partial charge in [-0.3, -0.25) is 0 Å². The molecule has 1 unspecified atom stereocenters.